The molecule has 13 rings (SSSR count). The molecule has 57 heavy (non-hydrogen) atoms. The predicted octanol–water partition coefficient (Wildman–Crippen LogP) is 13.2. The highest BCUT2D eigenvalue weighted by Crippen LogP contribution is 2.44. The van der Waals surface area contributed by atoms with Crippen LogP contribution in [-0.4, -0.2) is 23.5 Å². The SMILES string of the molecule is c1ccc(-n2c3ccc(-c4cc5c6ccccc6n(-c6nc7ccccc7c7nc8ccccc8n67)c5c5ccccc45)cc3c3c4ccccc4ccc32)cc1. The Bertz CT molecular complexity index is 3810. The maximum atomic E-state index is 5.45. The van der Waals surface area contributed by atoms with Crippen LogP contribution in [-0.2, 0) is 0 Å². The van der Waals surface area contributed by atoms with E-state index >= 15 is 0 Å². The summed E-state index contributed by atoms with van der Waals surface area (Å²) in [5.41, 5.74) is 12.0. The first-order chi connectivity index (χ1) is 28.3. The topological polar surface area (TPSA) is 40.0 Å². The number of para-hydroxylation sites is 5. The fourth-order valence-electron chi connectivity index (χ4n) is 9.56. The summed E-state index contributed by atoms with van der Waals surface area (Å²) in [6, 6.07) is 67.8. The van der Waals surface area contributed by atoms with Crippen LogP contribution in [0.5, 0.6) is 0 Å². The second kappa shape index (κ2) is 11.4. The van der Waals surface area contributed by atoms with Gasteiger partial charge in [-0.05, 0) is 94.0 Å². The van der Waals surface area contributed by atoms with Gasteiger partial charge in [0.15, 0.2) is 0 Å². The lowest BCUT2D eigenvalue weighted by Crippen LogP contribution is -2.06. The van der Waals surface area contributed by atoms with Crippen molar-refractivity contribution < 1.29 is 0 Å². The summed E-state index contributed by atoms with van der Waals surface area (Å²) in [7, 11) is 0. The van der Waals surface area contributed by atoms with Crippen LogP contribution in [0.15, 0.2) is 188 Å². The van der Waals surface area contributed by atoms with Crippen molar-refractivity contribution >= 4 is 92.7 Å². The molecule has 0 aliphatic heterocycles. The molecule has 0 spiro atoms. The van der Waals surface area contributed by atoms with Crippen LogP contribution < -0.4 is 0 Å². The smallest absolute Gasteiger partial charge is 0.221 e. The highest BCUT2D eigenvalue weighted by molar-refractivity contribution is 6.24. The first kappa shape index (κ1) is 30.6. The standard InChI is InChI=1S/C52H31N5/c1-2-15-34(16-3-1)55-46-28-27-33(30-42(46)49-35-17-5-4-14-32(35)26-29-48(49)55)40-31-41-37-19-9-12-24-45(37)56(50(41)38-20-7-6-18-36(38)40)52-54-43-22-10-8-21-39(43)51-53-44-23-11-13-25-47(44)57(51)52/h1-31H. The average molecular weight is 726 g/mol. The van der Waals surface area contributed by atoms with Gasteiger partial charge in [-0.2, -0.15) is 0 Å². The molecule has 0 aliphatic carbocycles. The Kier molecular flexibility index (Phi) is 6.10. The Balaban J connectivity index is 1.15. The number of imidazole rings is 1. The van der Waals surface area contributed by atoms with Gasteiger partial charge < -0.3 is 4.57 Å². The number of hydrogen-bond donors (Lipinski definition) is 0. The Morgan fingerprint density at radius 3 is 1.88 bits per heavy atom. The van der Waals surface area contributed by atoms with E-state index in [2.05, 4.69) is 202 Å². The number of hydrogen-bond acceptors (Lipinski definition) is 2. The van der Waals surface area contributed by atoms with E-state index in [-0.39, 0.29) is 0 Å². The summed E-state index contributed by atoms with van der Waals surface area (Å²) < 4.78 is 7.02. The van der Waals surface area contributed by atoms with Gasteiger partial charge in [0, 0.05) is 38.0 Å². The van der Waals surface area contributed by atoms with Gasteiger partial charge in [0.2, 0.25) is 5.95 Å². The maximum absolute atomic E-state index is 5.45. The third-order valence-corrected chi connectivity index (χ3v) is 12.0. The van der Waals surface area contributed by atoms with Gasteiger partial charge in [-0.3, -0.25) is 8.97 Å². The number of benzene rings is 9. The molecule has 0 atom stereocenters. The van der Waals surface area contributed by atoms with E-state index in [9.17, 15) is 0 Å². The van der Waals surface area contributed by atoms with Crippen molar-refractivity contribution in [2.24, 2.45) is 0 Å². The van der Waals surface area contributed by atoms with Crippen molar-refractivity contribution in [2.45, 2.75) is 0 Å². The van der Waals surface area contributed by atoms with E-state index in [1.165, 1.54) is 65.3 Å². The van der Waals surface area contributed by atoms with Crippen molar-refractivity contribution in [1.82, 2.24) is 23.5 Å². The van der Waals surface area contributed by atoms with Gasteiger partial charge in [0.25, 0.3) is 0 Å². The second-order valence-corrected chi connectivity index (χ2v) is 15.0. The normalized spacial score (nSPS) is 12.2. The number of rotatable bonds is 3. The lowest BCUT2D eigenvalue weighted by molar-refractivity contribution is 0.982. The molecule has 4 aromatic heterocycles. The van der Waals surface area contributed by atoms with E-state index in [0.717, 1.165) is 50.3 Å². The van der Waals surface area contributed by atoms with Crippen molar-refractivity contribution in [3.63, 3.8) is 0 Å². The summed E-state index contributed by atoms with van der Waals surface area (Å²) in [5, 5.41) is 10.8. The van der Waals surface area contributed by atoms with Gasteiger partial charge in [0.05, 0.1) is 38.6 Å². The minimum atomic E-state index is 0.823. The van der Waals surface area contributed by atoms with Gasteiger partial charge in [-0.1, -0.05) is 121 Å². The van der Waals surface area contributed by atoms with Gasteiger partial charge in [0.1, 0.15) is 5.65 Å². The Labute approximate surface area is 325 Å². The summed E-state index contributed by atoms with van der Waals surface area (Å²) in [4.78, 5) is 10.6. The molecule has 0 unspecified atom stereocenters. The lowest BCUT2D eigenvalue weighted by Gasteiger charge is -2.15. The van der Waals surface area contributed by atoms with Crippen LogP contribution in [0.2, 0.25) is 0 Å². The second-order valence-electron chi connectivity index (χ2n) is 15.0. The predicted molar refractivity (Wildman–Crippen MR) is 237 cm³/mol. The Hall–Kier alpha value is -7.76. The van der Waals surface area contributed by atoms with Crippen molar-refractivity contribution in [2.75, 3.05) is 0 Å². The van der Waals surface area contributed by atoms with Crippen molar-refractivity contribution in [3.05, 3.63) is 188 Å². The number of fused-ring (bicyclic) bond motifs is 15. The van der Waals surface area contributed by atoms with Crippen LogP contribution in [0.3, 0.4) is 0 Å². The first-order valence-electron chi connectivity index (χ1n) is 19.4. The Morgan fingerprint density at radius 2 is 1.02 bits per heavy atom. The van der Waals surface area contributed by atoms with Gasteiger partial charge >= 0.3 is 0 Å². The minimum Gasteiger partial charge on any atom is -0.309 e. The third-order valence-electron chi connectivity index (χ3n) is 12.0. The highest BCUT2D eigenvalue weighted by Gasteiger charge is 2.23. The molecule has 0 radical (unpaired) electrons. The molecule has 13 aromatic rings. The molecular formula is C52H31N5. The zero-order chi connectivity index (χ0) is 37.2. The molecule has 5 heteroatoms. The van der Waals surface area contributed by atoms with E-state index in [4.69, 9.17) is 9.97 Å². The molecule has 0 fully saturated rings. The fourth-order valence-corrected chi connectivity index (χ4v) is 9.56. The third kappa shape index (κ3) is 4.17. The largest absolute Gasteiger partial charge is 0.309 e. The minimum absolute atomic E-state index is 0.823. The lowest BCUT2D eigenvalue weighted by atomic mass is 9.94. The quantitative estimate of drug-likeness (QED) is 0.182. The molecule has 5 nitrogen and oxygen atoms in total. The maximum Gasteiger partial charge on any atom is 0.221 e. The number of aromatic nitrogens is 5. The molecule has 0 amide bonds. The average Bonchev–Trinajstić information content (AvgIpc) is 3.94. The molecule has 264 valence electrons. The summed E-state index contributed by atoms with van der Waals surface area (Å²) in [6.07, 6.45) is 0. The molecule has 0 bridgehead atoms. The summed E-state index contributed by atoms with van der Waals surface area (Å²) in [5.74, 6) is 0.823. The van der Waals surface area contributed by atoms with Crippen molar-refractivity contribution in [3.8, 4) is 22.8 Å². The summed E-state index contributed by atoms with van der Waals surface area (Å²) >= 11 is 0. The number of nitrogens with zero attached hydrogens (tertiary/aromatic N) is 5. The molecule has 4 heterocycles. The summed E-state index contributed by atoms with van der Waals surface area (Å²) in [6.45, 7) is 0. The zero-order valence-electron chi connectivity index (χ0n) is 30.6. The van der Waals surface area contributed by atoms with E-state index in [1.807, 2.05) is 0 Å². The molecule has 0 aliphatic rings. The van der Waals surface area contributed by atoms with Crippen LogP contribution in [0.25, 0.3) is 116 Å². The van der Waals surface area contributed by atoms with E-state index in [0.29, 0.717) is 0 Å². The molecule has 9 aromatic carbocycles. The zero-order valence-corrected chi connectivity index (χ0v) is 30.6. The monoisotopic (exact) mass is 725 g/mol. The molecule has 0 saturated carbocycles. The molecular weight excluding hydrogens is 695 g/mol. The van der Waals surface area contributed by atoms with Crippen LogP contribution in [0.1, 0.15) is 0 Å². The van der Waals surface area contributed by atoms with E-state index < -0.39 is 0 Å². The highest BCUT2D eigenvalue weighted by atomic mass is 15.2. The Morgan fingerprint density at radius 1 is 0.368 bits per heavy atom. The first-order valence-corrected chi connectivity index (χ1v) is 19.4. The molecule has 0 N–H and O–H groups in total. The van der Waals surface area contributed by atoms with Crippen LogP contribution >= 0.6 is 0 Å². The van der Waals surface area contributed by atoms with Gasteiger partial charge in [-0.15, -0.1) is 0 Å². The van der Waals surface area contributed by atoms with Crippen LogP contribution in [0, 0.1) is 0 Å². The van der Waals surface area contributed by atoms with Gasteiger partial charge in [-0.25, -0.2) is 9.97 Å². The molecule has 0 saturated heterocycles. The van der Waals surface area contributed by atoms with E-state index in [1.54, 1.807) is 0 Å². The van der Waals surface area contributed by atoms with Crippen LogP contribution in [0.4, 0.5) is 0 Å². The fraction of sp³-hybridized carbons (Fsp3) is 0. The van der Waals surface area contributed by atoms with Crippen molar-refractivity contribution in [1.29, 1.82) is 0 Å².